The standard InChI is InChI=1S/C13H16F3NO/c14-13(15,16)11-3-1-2-10(12(11)18)8-9-4-6-17-7-5-9/h1-3,9,17-18H,4-8H2. The Bertz CT molecular complexity index is 411. The van der Waals surface area contributed by atoms with Crippen molar-refractivity contribution >= 4 is 0 Å². The number of alkyl halides is 3. The highest BCUT2D eigenvalue weighted by Crippen LogP contribution is 2.38. The van der Waals surface area contributed by atoms with Crippen molar-refractivity contribution in [2.24, 2.45) is 5.92 Å². The lowest BCUT2D eigenvalue weighted by Gasteiger charge is -2.23. The zero-order valence-corrected chi connectivity index (χ0v) is 9.93. The lowest BCUT2D eigenvalue weighted by molar-refractivity contribution is -0.138. The van der Waals surface area contributed by atoms with Gasteiger partial charge in [0.05, 0.1) is 5.56 Å². The topological polar surface area (TPSA) is 32.3 Å². The molecule has 2 rings (SSSR count). The van der Waals surface area contributed by atoms with Gasteiger partial charge in [0.1, 0.15) is 5.75 Å². The third kappa shape index (κ3) is 2.96. The number of benzene rings is 1. The fourth-order valence-corrected chi connectivity index (χ4v) is 2.38. The van der Waals surface area contributed by atoms with E-state index in [0.29, 0.717) is 17.9 Å². The Kier molecular flexibility index (Phi) is 3.80. The summed E-state index contributed by atoms with van der Waals surface area (Å²) in [6, 6.07) is 3.85. The van der Waals surface area contributed by atoms with E-state index >= 15 is 0 Å². The van der Waals surface area contributed by atoms with Gasteiger partial charge in [0.15, 0.2) is 0 Å². The van der Waals surface area contributed by atoms with Gasteiger partial charge in [0.2, 0.25) is 0 Å². The number of aromatic hydroxyl groups is 1. The largest absolute Gasteiger partial charge is 0.507 e. The Morgan fingerprint density at radius 1 is 1.22 bits per heavy atom. The average Bonchev–Trinajstić information content (AvgIpc) is 2.32. The minimum atomic E-state index is -4.49. The van der Waals surface area contributed by atoms with E-state index in [1.165, 1.54) is 6.07 Å². The molecule has 1 aliphatic rings. The predicted octanol–water partition coefficient (Wildman–Crippen LogP) is 2.95. The van der Waals surface area contributed by atoms with Crippen LogP contribution >= 0.6 is 0 Å². The molecule has 0 bridgehead atoms. The molecule has 1 heterocycles. The number of hydrogen-bond acceptors (Lipinski definition) is 2. The molecule has 0 atom stereocenters. The van der Waals surface area contributed by atoms with Crippen molar-refractivity contribution in [2.45, 2.75) is 25.4 Å². The zero-order valence-electron chi connectivity index (χ0n) is 9.93. The van der Waals surface area contributed by atoms with Gasteiger partial charge in [-0.2, -0.15) is 13.2 Å². The third-order valence-corrected chi connectivity index (χ3v) is 3.39. The van der Waals surface area contributed by atoms with Crippen molar-refractivity contribution in [1.82, 2.24) is 5.32 Å². The van der Waals surface area contributed by atoms with E-state index in [-0.39, 0.29) is 0 Å². The normalized spacial score (nSPS) is 17.9. The molecule has 0 spiro atoms. The molecule has 0 unspecified atom stereocenters. The van der Waals surface area contributed by atoms with Crippen molar-refractivity contribution < 1.29 is 18.3 Å². The number of halogens is 3. The van der Waals surface area contributed by atoms with Crippen LogP contribution < -0.4 is 5.32 Å². The number of rotatable bonds is 2. The van der Waals surface area contributed by atoms with Crippen LogP contribution in [0.4, 0.5) is 13.2 Å². The van der Waals surface area contributed by atoms with Crippen LogP contribution in [0, 0.1) is 5.92 Å². The first-order valence-electron chi connectivity index (χ1n) is 6.07. The molecular formula is C13H16F3NO. The summed E-state index contributed by atoms with van der Waals surface area (Å²) in [5.74, 6) is -0.260. The summed E-state index contributed by atoms with van der Waals surface area (Å²) in [5, 5.41) is 12.9. The van der Waals surface area contributed by atoms with Crippen LogP contribution in [0.15, 0.2) is 18.2 Å². The molecule has 100 valence electrons. The number of hydrogen-bond donors (Lipinski definition) is 2. The summed E-state index contributed by atoms with van der Waals surface area (Å²) in [5.41, 5.74) is -0.536. The summed E-state index contributed by atoms with van der Waals surface area (Å²) in [4.78, 5) is 0. The molecule has 1 aliphatic heterocycles. The van der Waals surface area contributed by atoms with Crippen molar-refractivity contribution in [3.63, 3.8) is 0 Å². The predicted molar refractivity (Wildman–Crippen MR) is 62.4 cm³/mol. The number of para-hydroxylation sites is 1. The number of phenolic OH excluding ortho intramolecular Hbond substituents is 1. The highest BCUT2D eigenvalue weighted by molar-refractivity contribution is 5.42. The molecule has 1 fully saturated rings. The minimum absolute atomic E-state index is 0.348. The lowest BCUT2D eigenvalue weighted by Crippen LogP contribution is -2.28. The van der Waals surface area contributed by atoms with Gasteiger partial charge in [-0.15, -0.1) is 0 Å². The van der Waals surface area contributed by atoms with Crippen LogP contribution in [0.5, 0.6) is 5.75 Å². The maximum absolute atomic E-state index is 12.6. The van der Waals surface area contributed by atoms with E-state index < -0.39 is 17.5 Å². The minimum Gasteiger partial charge on any atom is -0.507 e. The monoisotopic (exact) mass is 259 g/mol. The zero-order chi connectivity index (χ0) is 13.2. The Labute approximate surface area is 104 Å². The second kappa shape index (κ2) is 5.18. The van der Waals surface area contributed by atoms with Crippen molar-refractivity contribution in [1.29, 1.82) is 0 Å². The van der Waals surface area contributed by atoms with Gasteiger partial charge in [-0.25, -0.2) is 0 Å². The summed E-state index contributed by atoms with van der Waals surface area (Å²) in [6.07, 6.45) is -2.10. The maximum atomic E-state index is 12.6. The first kappa shape index (κ1) is 13.2. The van der Waals surface area contributed by atoms with Crippen molar-refractivity contribution in [2.75, 3.05) is 13.1 Å². The molecule has 18 heavy (non-hydrogen) atoms. The smallest absolute Gasteiger partial charge is 0.419 e. The fourth-order valence-electron chi connectivity index (χ4n) is 2.38. The molecule has 0 aliphatic carbocycles. The fraction of sp³-hybridized carbons (Fsp3) is 0.538. The van der Waals surface area contributed by atoms with Crippen molar-refractivity contribution in [3.8, 4) is 5.75 Å². The van der Waals surface area contributed by atoms with Crippen LogP contribution in [-0.2, 0) is 12.6 Å². The van der Waals surface area contributed by atoms with Crippen LogP contribution in [0.3, 0.4) is 0 Å². The van der Waals surface area contributed by atoms with Crippen LogP contribution in [0.25, 0.3) is 0 Å². The number of piperidine rings is 1. The first-order chi connectivity index (χ1) is 8.48. The van der Waals surface area contributed by atoms with E-state index in [4.69, 9.17) is 0 Å². The lowest BCUT2D eigenvalue weighted by atomic mass is 9.90. The van der Waals surface area contributed by atoms with Crippen LogP contribution in [0.1, 0.15) is 24.0 Å². The van der Waals surface area contributed by atoms with Gasteiger partial charge in [-0.1, -0.05) is 12.1 Å². The molecule has 5 heteroatoms. The van der Waals surface area contributed by atoms with E-state index in [1.807, 2.05) is 0 Å². The molecule has 2 N–H and O–H groups in total. The SMILES string of the molecule is Oc1c(CC2CCNCC2)cccc1C(F)(F)F. The second-order valence-corrected chi connectivity index (χ2v) is 4.71. The van der Waals surface area contributed by atoms with E-state index in [2.05, 4.69) is 5.32 Å². The van der Waals surface area contributed by atoms with Gasteiger partial charge < -0.3 is 10.4 Å². The number of nitrogens with one attached hydrogen (secondary N) is 1. The van der Waals surface area contributed by atoms with Gasteiger partial charge in [0, 0.05) is 0 Å². The number of phenols is 1. The summed E-state index contributed by atoms with van der Waals surface area (Å²) >= 11 is 0. The van der Waals surface area contributed by atoms with Crippen LogP contribution in [0.2, 0.25) is 0 Å². The third-order valence-electron chi connectivity index (χ3n) is 3.39. The molecule has 0 saturated carbocycles. The second-order valence-electron chi connectivity index (χ2n) is 4.71. The molecule has 1 aromatic carbocycles. The van der Waals surface area contributed by atoms with E-state index in [1.54, 1.807) is 6.07 Å². The maximum Gasteiger partial charge on any atom is 0.419 e. The highest BCUT2D eigenvalue weighted by atomic mass is 19.4. The summed E-state index contributed by atoms with van der Waals surface area (Å²) in [6.45, 7) is 1.79. The quantitative estimate of drug-likeness (QED) is 0.855. The molecule has 1 saturated heterocycles. The van der Waals surface area contributed by atoms with Gasteiger partial charge in [-0.05, 0) is 49.9 Å². The van der Waals surface area contributed by atoms with Crippen molar-refractivity contribution in [3.05, 3.63) is 29.3 Å². The molecular weight excluding hydrogens is 243 g/mol. The first-order valence-corrected chi connectivity index (χ1v) is 6.07. The summed E-state index contributed by atoms with van der Waals surface area (Å²) < 4.78 is 37.9. The van der Waals surface area contributed by atoms with Gasteiger partial charge >= 0.3 is 6.18 Å². The molecule has 2 nitrogen and oxygen atoms in total. The average molecular weight is 259 g/mol. The van der Waals surface area contributed by atoms with Gasteiger partial charge in [0.25, 0.3) is 0 Å². The Balaban J connectivity index is 2.18. The molecule has 0 aromatic heterocycles. The summed E-state index contributed by atoms with van der Waals surface area (Å²) in [7, 11) is 0. The Morgan fingerprint density at radius 2 is 1.89 bits per heavy atom. The highest BCUT2D eigenvalue weighted by Gasteiger charge is 2.34. The van der Waals surface area contributed by atoms with Gasteiger partial charge in [-0.3, -0.25) is 0 Å². The molecule has 0 radical (unpaired) electrons. The molecule has 1 aromatic rings. The van der Waals surface area contributed by atoms with E-state index in [0.717, 1.165) is 32.0 Å². The van der Waals surface area contributed by atoms with E-state index in [9.17, 15) is 18.3 Å². The Morgan fingerprint density at radius 3 is 2.50 bits per heavy atom. The van der Waals surface area contributed by atoms with Crippen LogP contribution in [-0.4, -0.2) is 18.2 Å². The molecule has 0 amide bonds. The Hall–Kier alpha value is -1.23.